The fourth-order valence-corrected chi connectivity index (χ4v) is 3.88. The average molecular weight is 335 g/mol. The predicted molar refractivity (Wildman–Crippen MR) is 82.0 cm³/mol. The van der Waals surface area contributed by atoms with E-state index in [1.807, 2.05) is 13.8 Å². The summed E-state index contributed by atoms with van der Waals surface area (Å²) in [5.74, 6) is 0.143. The standard InChI is InChI=1S/C13H19ClN2O4S/c1-9(2)8-15(10(3)4)21(19,20)11-5-6-12(14)13(7-11)16(17)18/h5-7,9-10H,8H2,1-4H3. The second-order valence-electron chi connectivity index (χ2n) is 5.43. The second-order valence-corrected chi connectivity index (χ2v) is 7.73. The maximum Gasteiger partial charge on any atom is 0.289 e. The van der Waals surface area contributed by atoms with Gasteiger partial charge in [-0.15, -0.1) is 0 Å². The summed E-state index contributed by atoms with van der Waals surface area (Å²) in [4.78, 5) is 10.1. The number of halogens is 1. The summed E-state index contributed by atoms with van der Waals surface area (Å²) in [6.07, 6.45) is 0. The summed E-state index contributed by atoms with van der Waals surface area (Å²) in [5, 5.41) is 10.8. The lowest BCUT2D eigenvalue weighted by Crippen LogP contribution is -2.39. The van der Waals surface area contributed by atoms with E-state index in [-0.39, 0.29) is 21.9 Å². The summed E-state index contributed by atoms with van der Waals surface area (Å²) in [6.45, 7) is 7.70. The minimum absolute atomic E-state index is 0.0843. The first kappa shape index (κ1) is 17.9. The molecule has 0 atom stereocenters. The Balaban J connectivity index is 3.35. The van der Waals surface area contributed by atoms with Crippen molar-refractivity contribution in [2.24, 2.45) is 5.92 Å². The van der Waals surface area contributed by atoms with Crippen molar-refractivity contribution in [3.05, 3.63) is 33.3 Å². The van der Waals surface area contributed by atoms with E-state index in [2.05, 4.69) is 0 Å². The monoisotopic (exact) mass is 334 g/mol. The molecule has 118 valence electrons. The largest absolute Gasteiger partial charge is 0.289 e. The van der Waals surface area contributed by atoms with Crippen LogP contribution in [-0.2, 0) is 10.0 Å². The molecular weight excluding hydrogens is 316 g/mol. The third kappa shape index (κ3) is 4.15. The van der Waals surface area contributed by atoms with Crippen LogP contribution in [-0.4, -0.2) is 30.2 Å². The van der Waals surface area contributed by atoms with Gasteiger partial charge in [0, 0.05) is 18.7 Å². The summed E-state index contributed by atoms with van der Waals surface area (Å²) >= 11 is 5.72. The highest BCUT2D eigenvalue weighted by atomic mass is 35.5. The minimum Gasteiger partial charge on any atom is -0.258 e. The number of rotatable bonds is 6. The van der Waals surface area contributed by atoms with Crippen LogP contribution < -0.4 is 0 Å². The second kappa shape index (κ2) is 6.72. The lowest BCUT2D eigenvalue weighted by Gasteiger charge is -2.27. The molecule has 0 saturated heterocycles. The van der Waals surface area contributed by atoms with Crippen LogP contribution in [0.15, 0.2) is 23.1 Å². The van der Waals surface area contributed by atoms with E-state index in [1.54, 1.807) is 13.8 Å². The third-order valence-electron chi connectivity index (χ3n) is 2.84. The number of nitro benzene ring substituents is 1. The Labute approximate surface area is 129 Å². The summed E-state index contributed by atoms with van der Waals surface area (Å²) in [5.41, 5.74) is -0.411. The number of sulfonamides is 1. The van der Waals surface area contributed by atoms with Gasteiger partial charge in [-0.05, 0) is 31.9 Å². The molecule has 0 aromatic heterocycles. The van der Waals surface area contributed by atoms with Gasteiger partial charge in [0.25, 0.3) is 5.69 Å². The Morgan fingerprint density at radius 3 is 2.29 bits per heavy atom. The molecule has 0 unspecified atom stereocenters. The molecule has 8 heteroatoms. The maximum absolute atomic E-state index is 12.7. The van der Waals surface area contributed by atoms with Crippen LogP contribution in [0.4, 0.5) is 5.69 Å². The molecular formula is C13H19ClN2O4S. The van der Waals surface area contributed by atoms with Gasteiger partial charge in [-0.25, -0.2) is 8.42 Å². The van der Waals surface area contributed by atoms with Gasteiger partial charge < -0.3 is 0 Å². The van der Waals surface area contributed by atoms with Crippen LogP contribution in [0.2, 0.25) is 5.02 Å². The molecule has 0 aliphatic rings. The van der Waals surface area contributed by atoms with Gasteiger partial charge in [-0.3, -0.25) is 10.1 Å². The van der Waals surface area contributed by atoms with Crippen molar-refractivity contribution in [1.82, 2.24) is 4.31 Å². The molecule has 0 N–H and O–H groups in total. The van der Waals surface area contributed by atoms with Gasteiger partial charge in [-0.1, -0.05) is 25.4 Å². The predicted octanol–water partition coefficient (Wildman–Crippen LogP) is 3.30. The van der Waals surface area contributed by atoms with Gasteiger partial charge in [0.2, 0.25) is 10.0 Å². The quantitative estimate of drug-likeness (QED) is 0.590. The van der Waals surface area contributed by atoms with Crippen LogP contribution in [0.25, 0.3) is 0 Å². The van der Waals surface area contributed by atoms with Crippen molar-refractivity contribution in [3.8, 4) is 0 Å². The average Bonchev–Trinajstić information content (AvgIpc) is 2.35. The van der Waals surface area contributed by atoms with Crippen LogP contribution in [0.5, 0.6) is 0 Å². The summed E-state index contributed by atoms with van der Waals surface area (Å²) in [6, 6.07) is 3.29. The fraction of sp³-hybridized carbons (Fsp3) is 0.538. The zero-order chi connectivity index (χ0) is 16.4. The molecule has 0 heterocycles. The van der Waals surface area contributed by atoms with E-state index in [0.29, 0.717) is 6.54 Å². The molecule has 0 amide bonds. The van der Waals surface area contributed by atoms with E-state index >= 15 is 0 Å². The van der Waals surface area contributed by atoms with Crippen molar-refractivity contribution >= 4 is 27.3 Å². The Hall–Kier alpha value is -1.18. The molecule has 1 aromatic rings. The Morgan fingerprint density at radius 2 is 1.86 bits per heavy atom. The minimum atomic E-state index is -3.80. The first-order chi connectivity index (χ1) is 9.57. The number of benzene rings is 1. The Kier molecular flexibility index (Phi) is 5.72. The molecule has 6 nitrogen and oxygen atoms in total. The highest BCUT2D eigenvalue weighted by Gasteiger charge is 2.29. The van der Waals surface area contributed by atoms with Crippen LogP contribution in [0, 0.1) is 16.0 Å². The molecule has 0 aliphatic heterocycles. The van der Waals surface area contributed by atoms with Gasteiger partial charge in [-0.2, -0.15) is 4.31 Å². The van der Waals surface area contributed by atoms with Crippen molar-refractivity contribution in [2.75, 3.05) is 6.54 Å². The van der Waals surface area contributed by atoms with Crippen molar-refractivity contribution in [3.63, 3.8) is 0 Å². The van der Waals surface area contributed by atoms with E-state index in [0.717, 1.165) is 6.07 Å². The topological polar surface area (TPSA) is 80.5 Å². The van der Waals surface area contributed by atoms with E-state index in [1.165, 1.54) is 16.4 Å². The summed E-state index contributed by atoms with van der Waals surface area (Å²) in [7, 11) is -3.80. The molecule has 0 radical (unpaired) electrons. The number of hydrogen-bond donors (Lipinski definition) is 0. The lowest BCUT2D eigenvalue weighted by molar-refractivity contribution is -0.384. The smallest absolute Gasteiger partial charge is 0.258 e. The Bertz CT molecular complexity index is 629. The molecule has 0 aliphatic carbocycles. The number of hydrogen-bond acceptors (Lipinski definition) is 4. The van der Waals surface area contributed by atoms with E-state index in [9.17, 15) is 18.5 Å². The fourth-order valence-electron chi connectivity index (χ4n) is 1.87. The van der Waals surface area contributed by atoms with E-state index < -0.39 is 20.6 Å². The van der Waals surface area contributed by atoms with Crippen molar-refractivity contribution in [2.45, 2.75) is 38.6 Å². The van der Waals surface area contributed by atoms with E-state index in [4.69, 9.17) is 11.6 Å². The first-order valence-electron chi connectivity index (χ1n) is 6.53. The normalized spacial score (nSPS) is 12.4. The maximum atomic E-state index is 12.7. The van der Waals surface area contributed by atoms with Crippen LogP contribution in [0.3, 0.4) is 0 Å². The van der Waals surface area contributed by atoms with Crippen LogP contribution >= 0.6 is 11.6 Å². The third-order valence-corrected chi connectivity index (χ3v) is 5.20. The molecule has 21 heavy (non-hydrogen) atoms. The highest BCUT2D eigenvalue weighted by Crippen LogP contribution is 2.29. The molecule has 0 saturated carbocycles. The number of nitrogens with zero attached hydrogens (tertiary/aromatic N) is 2. The molecule has 1 rings (SSSR count). The zero-order valence-electron chi connectivity index (χ0n) is 12.4. The molecule has 0 bridgehead atoms. The zero-order valence-corrected chi connectivity index (χ0v) is 14.0. The summed E-state index contributed by atoms with van der Waals surface area (Å²) < 4.78 is 26.6. The Morgan fingerprint density at radius 1 is 1.29 bits per heavy atom. The highest BCUT2D eigenvalue weighted by molar-refractivity contribution is 7.89. The van der Waals surface area contributed by atoms with Gasteiger partial charge in [0.1, 0.15) is 5.02 Å². The lowest BCUT2D eigenvalue weighted by atomic mass is 10.2. The van der Waals surface area contributed by atoms with Gasteiger partial charge >= 0.3 is 0 Å². The van der Waals surface area contributed by atoms with Gasteiger partial charge in [0.15, 0.2) is 0 Å². The van der Waals surface area contributed by atoms with Crippen molar-refractivity contribution < 1.29 is 13.3 Å². The van der Waals surface area contributed by atoms with Crippen LogP contribution in [0.1, 0.15) is 27.7 Å². The molecule has 1 aromatic carbocycles. The first-order valence-corrected chi connectivity index (χ1v) is 8.35. The SMILES string of the molecule is CC(C)CN(C(C)C)S(=O)(=O)c1ccc(Cl)c([N+](=O)[O-])c1. The molecule has 0 spiro atoms. The molecule has 0 fully saturated rings. The van der Waals surface area contributed by atoms with Gasteiger partial charge in [0.05, 0.1) is 9.82 Å². The van der Waals surface area contributed by atoms with Crippen molar-refractivity contribution in [1.29, 1.82) is 0 Å². The number of nitro groups is 1.